The fourth-order valence-corrected chi connectivity index (χ4v) is 3.77. The fraction of sp³-hybridized carbons (Fsp3) is 0.500. The predicted molar refractivity (Wildman–Crippen MR) is 71.9 cm³/mol. The third kappa shape index (κ3) is 2.54. The Morgan fingerprint density at radius 2 is 2.22 bits per heavy atom. The van der Waals surface area contributed by atoms with Crippen LogP contribution in [0, 0.1) is 5.92 Å². The largest absolute Gasteiger partial charge is 0.480 e. The molecule has 1 aliphatic carbocycles. The van der Waals surface area contributed by atoms with Crippen LogP contribution in [0.4, 0.5) is 0 Å². The number of carboxylic acids is 1. The molecule has 2 atom stereocenters. The fourth-order valence-electron chi connectivity index (χ4n) is 2.51. The van der Waals surface area contributed by atoms with Crippen LogP contribution in [0.2, 0.25) is 0 Å². The van der Waals surface area contributed by atoms with Gasteiger partial charge in [0, 0.05) is 16.7 Å². The first-order valence-electron chi connectivity index (χ1n) is 6.45. The maximum absolute atomic E-state index is 11.1. The molecule has 2 N–H and O–H groups in total. The van der Waals surface area contributed by atoms with Gasteiger partial charge in [0.15, 0.2) is 0 Å². The average Bonchev–Trinajstić information content (AvgIpc) is 3.08. The molecule has 1 aromatic rings. The predicted octanol–water partition coefficient (Wildman–Crippen LogP) is 2.16. The first-order valence-corrected chi connectivity index (χ1v) is 7.33. The van der Waals surface area contributed by atoms with Gasteiger partial charge in [-0.2, -0.15) is 0 Å². The Morgan fingerprint density at radius 1 is 1.44 bits per heavy atom. The number of aliphatic carboxylic acids is 1. The SMILES string of the molecule is O=C(O)C(NCC1Cc2ccccc2S1)C1CC1. The molecule has 1 saturated carbocycles. The van der Waals surface area contributed by atoms with Gasteiger partial charge in [-0.1, -0.05) is 18.2 Å². The van der Waals surface area contributed by atoms with Crippen LogP contribution in [0.25, 0.3) is 0 Å². The standard InChI is InChI=1S/C14H17NO2S/c16-14(17)13(9-5-6-9)15-8-11-7-10-3-1-2-4-12(10)18-11/h1-4,9,11,13,15H,5-8H2,(H,16,17). The second-order valence-electron chi connectivity index (χ2n) is 5.11. The summed E-state index contributed by atoms with van der Waals surface area (Å²) in [5, 5.41) is 12.9. The van der Waals surface area contributed by atoms with Crippen molar-refractivity contribution in [3.8, 4) is 0 Å². The van der Waals surface area contributed by atoms with Crippen molar-refractivity contribution in [2.75, 3.05) is 6.54 Å². The monoisotopic (exact) mass is 263 g/mol. The molecule has 1 aromatic carbocycles. The van der Waals surface area contributed by atoms with E-state index in [1.54, 1.807) is 0 Å². The summed E-state index contributed by atoms with van der Waals surface area (Å²) in [5.74, 6) is -0.339. The van der Waals surface area contributed by atoms with Gasteiger partial charge in [-0.15, -0.1) is 11.8 Å². The zero-order valence-electron chi connectivity index (χ0n) is 10.1. The summed E-state index contributed by atoms with van der Waals surface area (Å²) in [5.41, 5.74) is 1.40. The van der Waals surface area contributed by atoms with Crippen LogP contribution in [0.1, 0.15) is 18.4 Å². The van der Waals surface area contributed by atoms with Crippen molar-refractivity contribution in [1.29, 1.82) is 0 Å². The smallest absolute Gasteiger partial charge is 0.320 e. The van der Waals surface area contributed by atoms with Gasteiger partial charge >= 0.3 is 5.97 Å². The quantitative estimate of drug-likeness (QED) is 0.854. The lowest BCUT2D eigenvalue weighted by molar-refractivity contribution is -0.140. The van der Waals surface area contributed by atoms with Crippen LogP contribution >= 0.6 is 11.8 Å². The number of hydrogen-bond donors (Lipinski definition) is 2. The van der Waals surface area contributed by atoms with Crippen LogP contribution in [0.5, 0.6) is 0 Å². The summed E-state index contributed by atoms with van der Waals surface area (Å²) in [6.45, 7) is 0.785. The average molecular weight is 263 g/mol. The number of hydrogen-bond acceptors (Lipinski definition) is 3. The summed E-state index contributed by atoms with van der Waals surface area (Å²) < 4.78 is 0. The molecule has 3 rings (SSSR count). The van der Waals surface area contributed by atoms with E-state index in [0.29, 0.717) is 11.2 Å². The third-order valence-corrected chi connectivity index (χ3v) is 4.96. The highest BCUT2D eigenvalue weighted by atomic mass is 32.2. The van der Waals surface area contributed by atoms with E-state index in [9.17, 15) is 4.79 Å². The van der Waals surface area contributed by atoms with Crippen LogP contribution in [-0.2, 0) is 11.2 Å². The Hall–Kier alpha value is -1.00. The molecule has 1 heterocycles. The minimum atomic E-state index is -0.696. The molecular weight excluding hydrogens is 246 g/mol. The molecule has 0 spiro atoms. The van der Waals surface area contributed by atoms with Gasteiger partial charge in [-0.3, -0.25) is 4.79 Å². The van der Waals surface area contributed by atoms with Crippen molar-refractivity contribution in [2.45, 2.75) is 35.4 Å². The second-order valence-corrected chi connectivity index (χ2v) is 6.46. The molecule has 4 heteroatoms. The molecule has 1 aliphatic heterocycles. The molecule has 1 fully saturated rings. The summed E-state index contributed by atoms with van der Waals surface area (Å²) in [6, 6.07) is 8.10. The molecule has 0 saturated heterocycles. The summed E-state index contributed by atoms with van der Waals surface area (Å²) in [7, 11) is 0. The molecule has 0 amide bonds. The van der Waals surface area contributed by atoms with Crippen molar-refractivity contribution in [1.82, 2.24) is 5.32 Å². The van der Waals surface area contributed by atoms with Gasteiger partial charge in [-0.05, 0) is 36.8 Å². The van der Waals surface area contributed by atoms with E-state index in [0.717, 1.165) is 25.8 Å². The first-order chi connectivity index (χ1) is 8.74. The minimum absolute atomic E-state index is 0.339. The molecular formula is C14H17NO2S. The number of rotatable bonds is 5. The van der Waals surface area contributed by atoms with Gasteiger partial charge < -0.3 is 10.4 Å². The van der Waals surface area contributed by atoms with E-state index in [-0.39, 0.29) is 6.04 Å². The number of carboxylic acid groups (broad SMARTS) is 1. The van der Waals surface area contributed by atoms with Crippen molar-refractivity contribution < 1.29 is 9.90 Å². The molecule has 2 unspecified atom stereocenters. The number of fused-ring (bicyclic) bond motifs is 1. The first kappa shape index (κ1) is 12.1. The molecule has 0 aromatic heterocycles. The normalized spacial score (nSPS) is 23.7. The summed E-state index contributed by atoms with van der Waals surface area (Å²) >= 11 is 1.87. The van der Waals surface area contributed by atoms with Gasteiger partial charge in [0.2, 0.25) is 0 Å². The molecule has 0 radical (unpaired) electrons. The van der Waals surface area contributed by atoms with E-state index in [4.69, 9.17) is 5.11 Å². The number of nitrogens with one attached hydrogen (secondary N) is 1. The molecule has 18 heavy (non-hydrogen) atoms. The van der Waals surface area contributed by atoms with E-state index >= 15 is 0 Å². The number of carbonyl (C=O) groups is 1. The van der Waals surface area contributed by atoms with Crippen molar-refractivity contribution in [3.05, 3.63) is 29.8 Å². The Balaban J connectivity index is 1.55. The summed E-state index contributed by atoms with van der Waals surface area (Å²) in [6.07, 6.45) is 3.16. The zero-order chi connectivity index (χ0) is 12.5. The van der Waals surface area contributed by atoms with Crippen LogP contribution < -0.4 is 5.32 Å². The van der Waals surface area contributed by atoms with Gasteiger partial charge in [0.25, 0.3) is 0 Å². The van der Waals surface area contributed by atoms with E-state index in [1.165, 1.54) is 10.5 Å². The van der Waals surface area contributed by atoms with Gasteiger partial charge in [-0.25, -0.2) is 0 Å². The van der Waals surface area contributed by atoms with Crippen LogP contribution in [0.3, 0.4) is 0 Å². The molecule has 2 aliphatic rings. The molecule has 3 nitrogen and oxygen atoms in total. The highest BCUT2D eigenvalue weighted by Gasteiger charge is 2.36. The van der Waals surface area contributed by atoms with E-state index in [1.807, 2.05) is 11.8 Å². The maximum atomic E-state index is 11.1. The lowest BCUT2D eigenvalue weighted by atomic mass is 10.1. The van der Waals surface area contributed by atoms with Crippen molar-refractivity contribution >= 4 is 17.7 Å². The Kier molecular flexibility index (Phi) is 3.31. The van der Waals surface area contributed by atoms with Gasteiger partial charge in [0.1, 0.15) is 6.04 Å². The minimum Gasteiger partial charge on any atom is -0.480 e. The number of thioether (sulfide) groups is 1. The summed E-state index contributed by atoms with van der Waals surface area (Å²) in [4.78, 5) is 12.5. The number of benzene rings is 1. The lowest BCUT2D eigenvalue weighted by Gasteiger charge is -2.16. The Labute approximate surface area is 111 Å². The van der Waals surface area contributed by atoms with Crippen molar-refractivity contribution in [3.63, 3.8) is 0 Å². The topological polar surface area (TPSA) is 49.3 Å². The second kappa shape index (κ2) is 4.94. The van der Waals surface area contributed by atoms with Gasteiger partial charge in [0.05, 0.1) is 0 Å². The zero-order valence-corrected chi connectivity index (χ0v) is 11.0. The highest BCUT2D eigenvalue weighted by molar-refractivity contribution is 8.00. The lowest BCUT2D eigenvalue weighted by Crippen LogP contribution is -2.41. The van der Waals surface area contributed by atoms with E-state index < -0.39 is 5.97 Å². The van der Waals surface area contributed by atoms with E-state index in [2.05, 4.69) is 29.6 Å². The highest BCUT2D eigenvalue weighted by Crippen LogP contribution is 2.37. The van der Waals surface area contributed by atoms with Crippen LogP contribution in [0.15, 0.2) is 29.2 Å². The molecule has 0 bridgehead atoms. The Bertz CT molecular complexity index is 434. The van der Waals surface area contributed by atoms with Crippen LogP contribution in [-0.4, -0.2) is 28.9 Å². The maximum Gasteiger partial charge on any atom is 0.320 e. The Morgan fingerprint density at radius 3 is 2.89 bits per heavy atom. The van der Waals surface area contributed by atoms with Crippen molar-refractivity contribution in [2.24, 2.45) is 5.92 Å². The third-order valence-electron chi connectivity index (χ3n) is 3.64. The molecule has 96 valence electrons.